The molecule has 0 radical (unpaired) electrons. The molecule has 0 saturated carbocycles. The van der Waals surface area contributed by atoms with Crippen molar-refractivity contribution in [3.05, 3.63) is 63.7 Å². The van der Waals surface area contributed by atoms with E-state index in [1.807, 2.05) is 24.3 Å². The van der Waals surface area contributed by atoms with Crippen LogP contribution in [0.5, 0.6) is 5.75 Å². The lowest BCUT2D eigenvalue weighted by atomic mass is 10.1. The number of methoxy groups -OCH3 is 1. The highest BCUT2D eigenvalue weighted by Crippen LogP contribution is 2.28. The summed E-state index contributed by atoms with van der Waals surface area (Å²) in [5.41, 5.74) is 2.29. The molecule has 0 aromatic heterocycles. The number of hydrogen-bond acceptors (Lipinski definition) is 4. The minimum atomic E-state index is -0.358. The van der Waals surface area contributed by atoms with Gasteiger partial charge in [0, 0.05) is 12.1 Å². The van der Waals surface area contributed by atoms with Crippen LogP contribution >= 0.6 is 0 Å². The van der Waals surface area contributed by atoms with E-state index in [-0.39, 0.29) is 10.6 Å². The summed E-state index contributed by atoms with van der Waals surface area (Å²) >= 11 is 0. The van der Waals surface area contributed by atoms with Gasteiger partial charge in [0.15, 0.2) is 0 Å². The number of nitrogens with zero attached hydrogens (tertiary/aromatic N) is 1. The van der Waals surface area contributed by atoms with E-state index in [9.17, 15) is 10.1 Å². The lowest BCUT2D eigenvalue weighted by Crippen LogP contribution is -2.04. The smallest absolute Gasteiger partial charge is 0.295 e. The van der Waals surface area contributed by atoms with Gasteiger partial charge in [0.25, 0.3) is 5.69 Å². The third kappa shape index (κ3) is 3.06. The Morgan fingerprint density at radius 1 is 1.25 bits per heavy atom. The first-order valence-electron chi connectivity index (χ1n) is 6.22. The fourth-order valence-corrected chi connectivity index (χ4v) is 2.02. The number of hydrogen-bond donors (Lipinski definition) is 1. The molecule has 0 bridgehead atoms. The highest BCUT2D eigenvalue weighted by atomic mass is 16.6. The van der Waals surface area contributed by atoms with Crippen LogP contribution in [0.2, 0.25) is 0 Å². The van der Waals surface area contributed by atoms with Crippen molar-refractivity contribution in [2.24, 2.45) is 0 Å². The molecule has 0 saturated heterocycles. The number of ether oxygens (including phenoxy) is 1. The average Bonchev–Trinajstić information content (AvgIpc) is 2.45. The Kier molecular flexibility index (Phi) is 4.20. The highest BCUT2D eigenvalue weighted by Gasteiger charge is 2.16. The Morgan fingerprint density at radius 2 is 2.00 bits per heavy atom. The second-order valence-corrected chi connectivity index (χ2v) is 4.43. The second kappa shape index (κ2) is 6.06. The molecule has 0 aliphatic heterocycles. The van der Waals surface area contributed by atoms with Gasteiger partial charge in [-0.3, -0.25) is 10.1 Å². The Balaban J connectivity index is 2.18. The maximum Gasteiger partial charge on any atom is 0.295 e. The molecule has 0 aliphatic carbocycles. The second-order valence-electron chi connectivity index (χ2n) is 4.43. The molecular weight excluding hydrogens is 256 g/mol. The molecule has 0 unspecified atom stereocenters. The molecule has 0 fully saturated rings. The largest absolute Gasteiger partial charge is 0.497 e. The molecule has 0 amide bonds. The fraction of sp³-hybridized carbons (Fsp3) is 0.200. The molecular formula is C15H16N2O3. The van der Waals surface area contributed by atoms with Crippen molar-refractivity contribution in [2.75, 3.05) is 12.4 Å². The molecule has 104 valence electrons. The molecule has 2 aromatic rings. The standard InChI is InChI=1S/C15H16N2O3/c1-11-5-3-8-14(15(11)17(18)19)16-10-12-6-4-7-13(9-12)20-2/h3-9,16H,10H2,1-2H3. The van der Waals surface area contributed by atoms with Gasteiger partial charge in [0.1, 0.15) is 11.4 Å². The zero-order valence-corrected chi connectivity index (χ0v) is 11.4. The third-order valence-electron chi connectivity index (χ3n) is 3.04. The molecule has 0 atom stereocenters. The topological polar surface area (TPSA) is 64.4 Å². The maximum absolute atomic E-state index is 11.1. The van der Waals surface area contributed by atoms with Crippen molar-refractivity contribution in [1.29, 1.82) is 0 Å². The van der Waals surface area contributed by atoms with Gasteiger partial charge in [-0.05, 0) is 30.7 Å². The van der Waals surface area contributed by atoms with Crippen LogP contribution in [-0.4, -0.2) is 12.0 Å². The van der Waals surface area contributed by atoms with Crippen molar-refractivity contribution >= 4 is 11.4 Å². The van der Waals surface area contributed by atoms with Crippen LogP contribution < -0.4 is 10.1 Å². The summed E-state index contributed by atoms with van der Waals surface area (Å²) in [6.45, 7) is 2.23. The number of para-hydroxylation sites is 1. The molecule has 0 aliphatic rings. The number of anilines is 1. The lowest BCUT2D eigenvalue weighted by Gasteiger charge is -2.09. The van der Waals surface area contributed by atoms with Gasteiger partial charge < -0.3 is 10.1 Å². The van der Waals surface area contributed by atoms with E-state index in [1.165, 1.54) is 0 Å². The van der Waals surface area contributed by atoms with Crippen LogP contribution in [0, 0.1) is 17.0 Å². The monoisotopic (exact) mass is 272 g/mol. The predicted octanol–water partition coefficient (Wildman–Crippen LogP) is 3.52. The molecule has 2 aromatic carbocycles. The molecule has 0 heterocycles. The first-order valence-corrected chi connectivity index (χ1v) is 6.22. The molecule has 2 rings (SSSR count). The Labute approximate surface area is 117 Å². The molecule has 20 heavy (non-hydrogen) atoms. The molecule has 1 N–H and O–H groups in total. The van der Waals surface area contributed by atoms with Crippen molar-refractivity contribution in [2.45, 2.75) is 13.5 Å². The van der Waals surface area contributed by atoms with Crippen molar-refractivity contribution < 1.29 is 9.66 Å². The number of aryl methyl sites for hydroxylation is 1. The van der Waals surface area contributed by atoms with E-state index in [0.29, 0.717) is 17.8 Å². The van der Waals surface area contributed by atoms with Crippen LogP contribution in [0.25, 0.3) is 0 Å². The maximum atomic E-state index is 11.1. The minimum absolute atomic E-state index is 0.121. The summed E-state index contributed by atoms with van der Waals surface area (Å²) < 4.78 is 5.15. The van der Waals surface area contributed by atoms with E-state index in [2.05, 4.69) is 5.32 Å². The summed E-state index contributed by atoms with van der Waals surface area (Å²) in [6.07, 6.45) is 0. The van der Waals surface area contributed by atoms with Crippen LogP contribution in [0.3, 0.4) is 0 Å². The van der Waals surface area contributed by atoms with Gasteiger partial charge in [0.2, 0.25) is 0 Å². The van der Waals surface area contributed by atoms with Gasteiger partial charge in [-0.15, -0.1) is 0 Å². The zero-order chi connectivity index (χ0) is 14.5. The van der Waals surface area contributed by atoms with Crippen LogP contribution in [0.15, 0.2) is 42.5 Å². The molecule has 5 nitrogen and oxygen atoms in total. The van der Waals surface area contributed by atoms with E-state index in [1.54, 1.807) is 32.2 Å². The zero-order valence-electron chi connectivity index (χ0n) is 11.4. The number of nitro benzene ring substituents is 1. The first kappa shape index (κ1) is 13.9. The van der Waals surface area contributed by atoms with E-state index >= 15 is 0 Å². The minimum Gasteiger partial charge on any atom is -0.497 e. The lowest BCUT2D eigenvalue weighted by molar-refractivity contribution is -0.384. The van der Waals surface area contributed by atoms with Crippen LogP contribution in [-0.2, 0) is 6.54 Å². The van der Waals surface area contributed by atoms with Gasteiger partial charge in [-0.25, -0.2) is 0 Å². The van der Waals surface area contributed by atoms with Gasteiger partial charge in [-0.1, -0.05) is 24.3 Å². The Morgan fingerprint density at radius 3 is 2.70 bits per heavy atom. The van der Waals surface area contributed by atoms with E-state index in [0.717, 1.165) is 11.3 Å². The number of nitro groups is 1. The summed E-state index contributed by atoms with van der Waals surface area (Å²) in [6, 6.07) is 12.8. The summed E-state index contributed by atoms with van der Waals surface area (Å²) in [5, 5.41) is 14.2. The van der Waals surface area contributed by atoms with Gasteiger partial charge in [-0.2, -0.15) is 0 Å². The first-order chi connectivity index (χ1) is 9.61. The summed E-state index contributed by atoms with van der Waals surface area (Å²) in [7, 11) is 1.61. The summed E-state index contributed by atoms with van der Waals surface area (Å²) in [5.74, 6) is 0.767. The van der Waals surface area contributed by atoms with Crippen LogP contribution in [0.4, 0.5) is 11.4 Å². The SMILES string of the molecule is COc1cccc(CNc2cccc(C)c2[N+](=O)[O-])c1. The molecule has 5 heteroatoms. The number of nitrogens with one attached hydrogen (secondary N) is 1. The Hall–Kier alpha value is -2.56. The quantitative estimate of drug-likeness (QED) is 0.668. The van der Waals surface area contributed by atoms with Crippen molar-refractivity contribution in [3.63, 3.8) is 0 Å². The van der Waals surface area contributed by atoms with Crippen molar-refractivity contribution in [3.8, 4) is 5.75 Å². The normalized spacial score (nSPS) is 10.1. The number of benzene rings is 2. The summed E-state index contributed by atoms with van der Waals surface area (Å²) in [4.78, 5) is 10.7. The van der Waals surface area contributed by atoms with Crippen molar-refractivity contribution in [1.82, 2.24) is 0 Å². The third-order valence-corrected chi connectivity index (χ3v) is 3.04. The Bertz CT molecular complexity index is 626. The molecule has 0 spiro atoms. The predicted molar refractivity (Wildman–Crippen MR) is 78.2 cm³/mol. The highest BCUT2D eigenvalue weighted by molar-refractivity contribution is 5.65. The van der Waals surface area contributed by atoms with E-state index in [4.69, 9.17) is 4.74 Å². The van der Waals surface area contributed by atoms with Crippen LogP contribution in [0.1, 0.15) is 11.1 Å². The van der Waals surface area contributed by atoms with E-state index < -0.39 is 0 Å². The van der Waals surface area contributed by atoms with Gasteiger partial charge in [0.05, 0.1) is 12.0 Å². The van der Waals surface area contributed by atoms with Gasteiger partial charge >= 0.3 is 0 Å². The fourth-order valence-electron chi connectivity index (χ4n) is 2.02. The average molecular weight is 272 g/mol. The number of rotatable bonds is 5.